The normalized spacial score (nSPS) is 10.5. The van der Waals surface area contributed by atoms with Crippen molar-refractivity contribution in [2.24, 2.45) is 0 Å². The molecule has 0 radical (unpaired) electrons. The smallest absolute Gasteiger partial charge is 0.161 e. The maximum atomic E-state index is 13.2. The Labute approximate surface area is 116 Å². The molecule has 4 heteroatoms. The van der Waals surface area contributed by atoms with Crippen LogP contribution in [0.4, 0.5) is 4.39 Å². The minimum absolute atomic E-state index is 0.147. The van der Waals surface area contributed by atoms with E-state index < -0.39 is 5.82 Å². The number of nitrogens with zero attached hydrogens (tertiary/aromatic N) is 1. The van der Waals surface area contributed by atoms with Crippen molar-refractivity contribution in [3.05, 3.63) is 53.0 Å². The number of rotatable bonds is 3. The van der Waals surface area contributed by atoms with Crippen LogP contribution < -0.4 is 0 Å². The molecular weight excluding hydrogens is 261 g/mol. The molecule has 0 aliphatic rings. The number of aryl methyl sites for hydroxylation is 2. The zero-order valence-corrected chi connectivity index (χ0v) is 11.8. The number of pyridine rings is 1. The largest absolute Gasteiger partial charge is 0.294 e. The third-order valence-electron chi connectivity index (χ3n) is 2.61. The number of Topliss-reactive ketones (excluding diaryl/α,β-unsaturated/α-hetero) is 1. The highest BCUT2D eigenvalue weighted by Gasteiger charge is 2.11. The molecule has 98 valence electrons. The highest BCUT2D eigenvalue weighted by atomic mass is 32.2. The van der Waals surface area contributed by atoms with E-state index in [1.807, 2.05) is 26.0 Å². The molecule has 0 saturated carbocycles. The molecule has 0 unspecified atom stereocenters. The van der Waals surface area contributed by atoms with Crippen LogP contribution in [0.3, 0.4) is 0 Å². The summed E-state index contributed by atoms with van der Waals surface area (Å²) in [6.07, 6.45) is 0. The molecule has 2 aromatic rings. The van der Waals surface area contributed by atoms with Crippen molar-refractivity contribution in [2.75, 3.05) is 0 Å². The summed E-state index contributed by atoms with van der Waals surface area (Å²) in [5.41, 5.74) is 2.43. The van der Waals surface area contributed by atoms with Gasteiger partial charge in [0.1, 0.15) is 10.8 Å². The predicted molar refractivity (Wildman–Crippen MR) is 74.2 cm³/mol. The molecule has 0 N–H and O–H groups in total. The van der Waals surface area contributed by atoms with E-state index in [9.17, 15) is 9.18 Å². The highest BCUT2D eigenvalue weighted by Crippen LogP contribution is 2.30. The van der Waals surface area contributed by atoms with E-state index in [0.29, 0.717) is 5.56 Å². The summed E-state index contributed by atoms with van der Waals surface area (Å²) in [5.74, 6) is -0.547. The van der Waals surface area contributed by atoms with Crippen LogP contribution in [0, 0.1) is 19.7 Å². The number of halogens is 1. The summed E-state index contributed by atoms with van der Waals surface area (Å²) in [5, 5.41) is 0.812. The standard InChI is InChI=1S/C15H14FNOS/c1-9-6-10(2)17-15(7-9)19-14-5-4-12(16)8-13(14)11(3)18/h4-8H,1-3H3. The van der Waals surface area contributed by atoms with E-state index in [1.165, 1.54) is 30.8 Å². The summed E-state index contributed by atoms with van der Waals surface area (Å²) in [6, 6.07) is 8.19. The number of ketones is 1. The lowest BCUT2D eigenvalue weighted by molar-refractivity contribution is 0.101. The van der Waals surface area contributed by atoms with Crippen molar-refractivity contribution >= 4 is 17.5 Å². The second kappa shape index (κ2) is 5.53. The Hall–Kier alpha value is -1.68. The van der Waals surface area contributed by atoms with Gasteiger partial charge in [-0.3, -0.25) is 4.79 Å². The molecule has 0 fully saturated rings. The number of carbonyl (C=O) groups is 1. The Morgan fingerprint density at radius 1 is 1.21 bits per heavy atom. The van der Waals surface area contributed by atoms with E-state index in [4.69, 9.17) is 0 Å². The maximum Gasteiger partial charge on any atom is 0.161 e. The van der Waals surface area contributed by atoms with Gasteiger partial charge in [-0.15, -0.1) is 0 Å². The minimum atomic E-state index is -0.400. The first kappa shape index (κ1) is 13.7. The molecule has 0 aliphatic carbocycles. The Morgan fingerprint density at radius 3 is 2.58 bits per heavy atom. The molecule has 0 amide bonds. The Bertz CT molecular complexity index is 620. The van der Waals surface area contributed by atoms with Crippen LogP contribution in [-0.2, 0) is 0 Å². The van der Waals surface area contributed by atoms with Crippen LogP contribution in [-0.4, -0.2) is 10.8 Å². The van der Waals surface area contributed by atoms with Gasteiger partial charge in [0.2, 0.25) is 0 Å². The fourth-order valence-electron chi connectivity index (χ4n) is 1.84. The van der Waals surface area contributed by atoms with E-state index >= 15 is 0 Å². The minimum Gasteiger partial charge on any atom is -0.294 e. The Kier molecular flexibility index (Phi) is 4.00. The summed E-state index contributed by atoms with van der Waals surface area (Å²) in [7, 11) is 0. The van der Waals surface area contributed by atoms with Gasteiger partial charge in [0, 0.05) is 16.2 Å². The van der Waals surface area contributed by atoms with Crippen molar-refractivity contribution in [3.8, 4) is 0 Å². The molecule has 1 aromatic carbocycles. The van der Waals surface area contributed by atoms with Gasteiger partial charge in [0.05, 0.1) is 0 Å². The predicted octanol–water partition coefficient (Wildman–Crippen LogP) is 4.19. The second-order valence-corrected chi connectivity index (χ2v) is 5.49. The van der Waals surface area contributed by atoms with Gasteiger partial charge in [0.25, 0.3) is 0 Å². The quantitative estimate of drug-likeness (QED) is 0.787. The lowest BCUT2D eigenvalue weighted by Crippen LogP contribution is -1.97. The first-order valence-corrected chi connectivity index (χ1v) is 6.71. The molecular formula is C15H14FNOS. The molecule has 19 heavy (non-hydrogen) atoms. The fraction of sp³-hybridized carbons (Fsp3) is 0.200. The van der Waals surface area contributed by atoms with Gasteiger partial charge in [-0.25, -0.2) is 9.37 Å². The van der Waals surface area contributed by atoms with Crippen molar-refractivity contribution in [2.45, 2.75) is 30.7 Å². The first-order chi connectivity index (χ1) is 8.95. The summed E-state index contributed by atoms with van der Waals surface area (Å²) in [4.78, 5) is 16.7. The van der Waals surface area contributed by atoms with Crippen molar-refractivity contribution in [1.29, 1.82) is 0 Å². The number of hydrogen-bond acceptors (Lipinski definition) is 3. The van der Waals surface area contributed by atoms with Gasteiger partial charge in [-0.05, 0) is 56.7 Å². The summed E-state index contributed by atoms with van der Waals surface area (Å²) in [6.45, 7) is 5.36. The topological polar surface area (TPSA) is 30.0 Å². The highest BCUT2D eigenvalue weighted by molar-refractivity contribution is 7.99. The molecule has 2 nitrogen and oxygen atoms in total. The first-order valence-electron chi connectivity index (χ1n) is 5.89. The van der Waals surface area contributed by atoms with Crippen LogP contribution in [0.5, 0.6) is 0 Å². The molecule has 0 atom stereocenters. The van der Waals surface area contributed by atoms with Gasteiger partial charge < -0.3 is 0 Å². The molecule has 0 saturated heterocycles. The van der Waals surface area contributed by atoms with Gasteiger partial charge in [0.15, 0.2) is 5.78 Å². The molecule has 1 heterocycles. The Balaban J connectivity index is 2.40. The van der Waals surface area contributed by atoms with Crippen LogP contribution >= 0.6 is 11.8 Å². The zero-order chi connectivity index (χ0) is 14.0. The molecule has 0 aliphatic heterocycles. The van der Waals surface area contributed by atoms with Gasteiger partial charge >= 0.3 is 0 Å². The van der Waals surface area contributed by atoms with E-state index in [-0.39, 0.29) is 5.78 Å². The fourth-order valence-corrected chi connectivity index (χ4v) is 2.94. The lowest BCUT2D eigenvalue weighted by atomic mass is 10.1. The Morgan fingerprint density at radius 2 is 1.95 bits per heavy atom. The summed E-state index contributed by atoms with van der Waals surface area (Å²) >= 11 is 1.38. The molecule has 0 bridgehead atoms. The van der Waals surface area contributed by atoms with E-state index in [0.717, 1.165) is 21.2 Å². The van der Waals surface area contributed by atoms with Crippen LogP contribution in [0.25, 0.3) is 0 Å². The molecule has 2 rings (SSSR count). The lowest BCUT2D eigenvalue weighted by Gasteiger charge is -2.07. The van der Waals surface area contributed by atoms with E-state index in [2.05, 4.69) is 4.98 Å². The van der Waals surface area contributed by atoms with Crippen LogP contribution in [0.15, 0.2) is 40.3 Å². The third kappa shape index (κ3) is 3.41. The van der Waals surface area contributed by atoms with E-state index in [1.54, 1.807) is 6.07 Å². The maximum absolute atomic E-state index is 13.2. The third-order valence-corrected chi connectivity index (χ3v) is 3.60. The average molecular weight is 275 g/mol. The van der Waals surface area contributed by atoms with Crippen molar-refractivity contribution in [3.63, 3.8) is 0 Å². The zero-order valence-electron chi connectivity index (χ0n) is 11.0. The average Bonchev–Trinajstić information content (AvgIpc) is 2.30. The van der Waals surface area contributed by atoms with Gasteiger partial charge in [-0.2, -0.15) is 0 Å². The second-order valence-electron chi connectivity index (χ2n) is 4.42. The molecule has 0 spiro atoms. The van der Waals surface area contributed by atoms with Crippen LogP contribution in [0.1, 0.15) is 28.5 Å². The number of benzene rings is 1. The summed E-state index contributed by atoms with van der Waals surface area (Å²) < 4.78 is 13.2. The van der Waals surface area contributed by atoms with Crippen LogP contribution in [0.2, 0.25) is 0 Å². The number of carbonyl (C=O) groups excluding carboxylic acids is 1. The number of hydrogen-bond donors (Lipinski definition) is 0. The molecule has 1 aromatic heterocycles. The monoisotopic (exact) mass is 275 g/mol. The van der Waals surface area contributed by atoms with Gasteiger partial charge in [-0.1, -0.05) is 11.8 Å². The van der Waals surface area contributed by atoms with Crippen molar-refractivity contribution in [1.82, 2.24) is 4.98 Å². The SMILES string of the molecule is CC(=O)c1cc(F)ccc1Sc1cc(C)cc(C)n1. The van der Waals surface area contributed by atoms with Crippen molar-refractivity contribution < 1.29 is 9.18 Å². The number of aromatic nitrogens is 1.